The van der Waals surface area contributed by atoms with Gasteiger partial charge in [-0.15, -0.1) is 0 Å². The maximum Gasteiger partial charge on any atom is 0.223 e. The van der Waals surface area contributed by atoms with Gasteiger partial charge in [0.25, 0.3) is 0 Å². The van der Waals surface area contributed by atoms with Crippen molar-refractivity contribution in [3.8, 4) is 0 Å². The summed E-state index contributed by atoms with van der Waals surface area (Å²) in [5, 5.41) is 4.46. The molecule has 1 atom stereocenters. The van der Waals surface area contributed by atoms with Crippen LogP contribution in [0.25, 0.3) is 10.2 Å². The summed E-state index contributed by atoms with van der Waals surface area (Å²) in [6.45, 7) is 3.99. The minimum Gasteiger partial charge on any atom is -0.349 e. The number of aromatic nitrogens is 1. The second-order valence-corrected chi connectivity index (χ2v) is 9.57. The number of fused-ring (bicyclic) bond motifs is 2. The van der Waals surface area contributed by atoms with E-state index in [0.717, 1.165) is 62.3 Å². The number of aryl methyl sites for hydroxylation is 2. The molecule has 1 aliphatic heterocycles. The van der Waals surface area contributed by atoms with Gasteiger partial charge in [-0.1, -0.05) is 48.6 Å². The Kier molecular flexibility index (Phi) is 5.47. The van der Waals surface area contributed by atoms with Crippen LogP contribution < -0.4 is 10.2 Å². The van der Waals surface area contributed by atoms with Crippen molar-refractivity contribution in [2.24, 2.45) is 5.92 Å². The van der Waals surface area contributed by atoms with Gasteiger partial charge in [0.1, 0.15) is 0 Å². The Morgan fingerprint density at radius 1 is 1.17 bits per heavy atom. The standard InChI is InChI=1S/C25H29N3OS/c1-2-17-10-11-22-23(16-17)30-25(27-22)28-14-12-19(13-15-28)24(29)26-21-9-5-7-18-6-3-4-8-20(18)21/h3-4,6,8,10-11,16,19,21H,2,5,7,9,12-15H2,1H3,(H,26,29)/t21-/m1/s1. The van der Waals surface area contributed by atoms with Gasteiger partial charge in [0.15, 0.2) is 5.13 Å². The number of hydrogen-bond acceptors (Lipinski definition) is 4. The Bertz CT molecular complexity index is 1050. The molecule has 2 aliphatic rings. The quantitative estimate of drug-likeness (QED) is 0.627. The molecule has 1 N–H and O–H groups in total. The van der Waals surface area contributed by atoms with Gasteiger partial charge in [-0.25, -0.2) is 4.98 Å². The predicted octanol–water partition coefficient (Wildman–Crippen LogP) is 5.27. The number of thiazole rings is 1. The molecule has 1 aliphatic carbocycles. The van der Waals surface area contributed by atoms with Gasteiger partial charge in [-0.2, -0.15) is 0 Å². The summed E-state index contributed by atoms with van der Waals surface area (Å²) in [5.74, 6) is 0.338. The van der Waals surface area contributed by atoms with Crippen molar-refractivity contribution in [2.45, 2.75) is 51.5 Å². The van der Waals surface area contributed by atoms with Gasteiger partial charge in [-0.3, -0.25) is 4.79 Å². The van der Waals surface area contributed by atoms with Gasteiger partial charge in [0.2, 0.25) is 5.91 Å². The average molecular weight is 420 g/mol. The van der Waals surface area contributed by atoms with Crippen LogP contribution in [-0.2, 0) is 17.6 Å². The van der Waals surface area contributed by atoms with Gasteiger partial charge in [0.05, 0.1) is 16.3 Å². The first kappa shape index (κ1) is 19.6. The van der Waals surface area contributed by atoms with Gasteiger partial charge < -0.3 is 10.2 Å². The molecule has 0 unspecified atom stereocenters. The zero-order valence-electron chi connectivity index (χ0n) is 17.6. The first-order valence-corrected chi connectivity index (χ1v) is 12.1. The first-order valence-electron chi connectivity index (χ1n) is 11.2. The monoisotopic (exact) mass is 419 g/mol. The SMILES string of the molecule is CCc1ccc2nc(N3CCC(C(=O)N[C@@H]4CCCc5ccccc54)CC3)sc2c1. The van der Waals surface area contributed by atoms with E-state index in [1.807, 2.05) is 0 Å². The minimum atomic E-state index is 0.108. The fourth-order valence-corrected chi connectivity index (χ4v) is 5.92. The van der Waals surface area contributed by atoms with Crippen molar-refractivity contribution < 1.29 is 4.79 Å². The zero-order chi connectivity index (χ0) is 20.5. The smallest absolute Gasteiger partial charge is 0.223 e. The van der Waals surface area contributed by atoms with E-state index in [1.54, 1.807) is 11.3 Å². The Morgan fingerprint density at radius 3 is 2.83 bits per heavy atom. The highest BCUT2D eigenvalue weighted by atomic mass is 32.1. The molecule has 0 bridgehead atoms. The highest BCUT2D eigenvalue weighted by Gasteiger charge is 2.29. The van der Waals surface area contributed by atoms with Crippen LogP contribution in [0, 0.1) is 5.92 Å². The first-order chi connectivity index (χ1) is 14.7. The topological polar surface area (TPSA) is 45.2 Å². The number of benzene rings is 2. The van der Waals surface area contributed by atoms with Crippen molar-refractivity contribution in [3.63, 3.8) is 0 Å². The number of piperidine rings is 1. The largest absolute Gasteiger partial charge is 0.349 e. The number of carbonyl (C=O) groups excluding carboxylic acids is 1. The van der Waals surface area contributed by atoms with E-state index in [4.69, 9.17) is 4.98 Å². The molecule has 1 fully saturated rings. The molecule has 3 aromatic rings. The maximum atomic E-state index is 13.0. The van der Waals surface area contributed by atoms with Crippen LogP contribution in [0.1, 0.15) is 55.3 Å². The Balaban J connectivity index is 1.21. The lowest BCUT2D eigenvalue weighted by Crippen LogP contribution is -2.42. The highest BCUT2D eigenvalue weighted by Crippen LogP contribution is 2.33. The van der Waals surface area contributed by atoms with E-state index in [-0.39, 0.29) is 17.9 Å². The number of nitrogens with one attached hydrogen (secondary N) is 1. The van der Waals surface area contributed by atoms with Crippen molar-refractivity contribution in [2.75, 3.05) is 18.0 Å². The zero-order valence-corrected chi connectivity index (χ0v) is 18.4. The Morgan fingerprint density at radius 2 is 2.00 bits per heavy atom. The van der Waals surface area contributed by atoms with E-state index in [0.29, 0.717) is 0 Å². The molecule has 5 rings (SSSR count). The van der Waals surface area contributed by atoms with Gasteiger partial charge >= 0.3 is 0 Å². The fourth-order valence-electron chi connectivity index (χ4n) is 4.84. The van der Waals surface area contributed by atoms with Crippen LogP contribution in [0.4, 0.5) is 5.13 Å². The summed E-state index contributed by atoms with van der Waals surface area (Å²) in [7, 11) is 0. The Labute approximate surface area is 182 Å². The third-order valence-corrected chi connectivity index (χ3v) is 7.75. The third-order valence-electron chi connectivity index (χ3n) is 6.67. The summed E-state index contributed by atoms with van der Waals surface area (Å²) < 4.78 is 1.26. The molecule has 1 saturated heterocycles. The van der Waals surface area contributed by atoms with E-state index in [9.17, 15) is 4.79 Å². The lowest BCUT2D eigenvalue weighted by atomic mass is 9.87. The van der Waals surface area contributed by atoms with Crippen LogP contribution in [0.5, 0.6) is 0 Å². The third kappa shape index (κ3) is 3.83. The molecule has 5 heteroatoms. The van der Waals surface area contributed by atoms with Crippen LogP contribution in [0.2, 0.25) is 0 Å². The number of anilines is 1. The van der Waals surface area contributed by atoms with Gasteiger partial charge in [0, 0.05) is 19.0 Å². The summed E-state index contributed by atoms with van der Waals surface area (Å²) in [5.41, 5.74) is 5.15. The van der Waals surface area contributed by atoms with Crippen LogP contribution in [0.15, 0.2) is 42.5 Å². The Hall–Kier alpha value is -2.40. The molecule has 0 saturated carbocycles. The second kappa shape index (κ2) is 8.38. The van der Waals surface area contributed by atoms with Crippen molar-refractivity contribution in [1.82, 2.24) is 10.3 Å². The number of amides is 1. The average Bonchev–Trinajstić information content (AvgIpc) is 3.23. The molecule has 156 valence electrons. The molecule has 30 heavy (non-hydrogen) atoms. The van der Waals surface area contributed by atoms with Crippen LogP contribution >= 0.6 is 11.3 Å². The van der Waals surface area contributed by atoms with Crippen molar-refractivity contribution >= 4 is 32.6 Å². The molecule has 4 nitrogen and oxygen atoms in total. The van der Waals surface area contributed by atoms with E-state index in [1.165, 1.54) is 21.4 Å². The van der Waals surface area contributed by atoms with Crippen LogP contribution in [-0.4, -0.2) is 24.0 Å². The number of carbonyl (C=O) groups is 1. The second-order valence-electron chi connectivity index (χ2n) is 8.57. The summed E-state index contributed by atoms with van der Waals surface area (Å²) in [4.78, 5) is 20.2. The molecular formula is C25H29N3OS. The summed E-state index contributed by atoms with van der Waals surface area (Å²) >= 11 is 1.78. The summed E-state index contributed by atoms with van der Waals surface area (Å²) in [6, 6.07) is 15.3. The lowest BCUT2D eigenvalue weighted by Gasteiger charge is -2.33. The fraction of sp³-hybridized carbons (Fsp3) is 0.440. The lowest BCUT2D eigenvalue weighted by molar-refractivity contribution is -0.126. The molecule has 2 heterocycles. The van der Waals surface area contributed by atoms with E-state index in [2.05, 4.69) is 59.6 Å². The molecule has 1 aromatic heterocycles. The van der Waals surface area contributed by atoms with Crippen molar-refractivity contribution in [1.29, 1.82) is 0 Å². The molecular weight excluding hydrogens is 390 g/mol. The number of rotatable bonds is 4. The number of nitrogens with zero attached hydrogens (tertiary/aromatic N) is 2. The van der Waals surface area contributed by atoms with E-state index >= 15 is 0 Å². The predicted molar refractivity (Wildman–Crippen MR) is 124 cm³/mol. The maximum absolute atomic E-state index is 13.0. The minimum absolute atomic E-state index is 0.108. The van der Waals surface area contributed by atoms with Gasteiger partial charge in [-0.05, 0) is 67.3 Å². The molecule has 0 radical (unpaired) electrons. The highest BCUT2D eigenvalue weighted by molar-refractivity contribution is 7.22. The summed E-state index contributed by atoms with van der Waals surface area (Å²) in [6.07, 6.45) is 6.18. The normalized spacial score (nSPS) is 19.6. The molecule has 2 aromatic carbocycles. The molecule has 1 amide bonds. The molecule has 0 spiro atoms. The number of hydrogen-bond donors (Lipinski definition) is 1. The van der Waals surface area contributed by atoms with Crippen LogP contribution in [0.3, 0.4) is 0 Å². The van der Waals surface area contributed by atoms with E-state index < -0.39 is 0 Å². The van der Waals surface area contributed by atoms with Crippen molar-refractivity contribution in [3.05, 3.63) is 59.2 Å².